The van der Waals surface area contributed by atoms with E-state index in [1.807, 2.05) is 6.92 Å². The lowest BCUT2D eigenvalue weighted by Gasteiger charge is -2.05. The van der Waals surface area contributed by atoms with Crippen LogP contribution in [0.2, 0.25) is 5.02 Å². The highest BCUT2D eigenvalue weighted by Crippen LogP contribution is 2.21. The summed E-state index contributed by atoms with van der Waals surface area (Å²) in [5.41, 5.74) is 6.43. The second kappa shape index (κ2) is 5.32. The van der Waals surface area contributed by atoms with Gasteiger partial charge in [0.15, 0.2) is 0 Å². The lowest BCUT2D eigenvalue weighted by atomic mass is 10.2. The third-order valence-electron chi connectivity index (χ3n) is 2.25. The smallest absolute Gasteiger partial charge is 0.259 e. The van der Waals surface area contributed by atoms with Gasteiger partial charge in [0, 0.05) is 10.7 Å². The number of hydrogen-bond donors (Lipinski definition) is 2. The van der Waals surface area contributed by atoms with Gasteiger partial charge >= 0.3 is 0 Å². The van der Waals surface area contributed by atoms with Crippen molar-refractivity contribution in [2.24, 2.45) is 0 Å². The summed E-state index contributed by atoms with van der Waals surface area (Å²) in [5, 5.41) is 12.2. The molecule has 0 aliphatic carbocycles. The van der Waals surface area contributed by atoms with E-state index in [1.54, 1.807) is 12.1 Å². The molecule has 0 aliphatic rings. The second-order valence-electron chi connectivity index (χ2n) is 3.54. The predicted octanol–water partition coefficient (Wildman–Crippen LogP) is 2.59. The van der Waals surface area contributed by atoms with Gasteiger partial charge in [-0.15, -0.1) is 10.2 Å². The Hall–Kier alpha value is -1.66. The standard InChI is InChI=1S/C11H11ClN4OS/c1-2-9-15-16-11(18-9)14-10(17)7-5-6(12)3-4-8(7)13/h3-5H,2,13H2,1H3,(H,14,16,17). The molecule has 0 radical (unpaired) electrons. The Bertz CT molecular complexity index is 584. The average Bonchev–Trinajstić information content (AvgIpc) is 2.80. The molecule has 18 heavy (non-hydrogen) atoms. The maximum atomic E-state index is 12.0. The molecular formula is C11H11ClN4OS. The monoisotopic (exact) mass is 282 g/mol. The molecule has 0 fully saturated rings. The van der Waals surface area contributed by atoms with E-state index < -0.39 is 0 Å². The van der Waals surface area contributed by atoms with Crippen LogP contribution in [0, 0.1) is 0 Å². The van der Waals surface area contributed by atoms with Crippen LogP contribution in [0.25, 0.3) is 0 Å². The van der Waals surface area contributed by atoms with Gasteiger partial charge in [-0.2, -0.15) is 0 Å². The van der Waals surface area contributed by atoms with Crippen molar-refractivity contribution in [1.29, 1.82) is 0 Å². The summed E-state index contributed by atoms with van der Waals surface area (Å²) in [6.45, 7) is 1.97. The Morgan fingerprint density at radius 2 is 2.28 bits per heavy atom. The molecule has 1 aromatic carbocycles. The molecule has 0 saturated carbocycles. The van der Waals surface area contributed by atoms with Gasteiger partial charge in [0.05, 0.1) is 5.56 Å². The minimum Gasteiger partial charge on any atom is -0.398 e. The van der Waals surface area contributed by atoms with Crippen LogP contribution in [-0.4, -0.2) is 16.1 Å². The molecule has 0 atom stereocenters. The highest BCUT2D eigenvalue weighted by atomic mass is 35.5. The average molecular weight is 283 g/mol. The van der Waals surface area contributed by atoms with Gasteiger partial charge in [-0.25, -0.2) is 0 Å². The van der Waals surface area contributed by atoms with Crippen LogP contribution in [-0.2, 0) is 6.42 Å². The molecule has 0 spiro atoms. The number of anilines is 2. The van der Waals surface area contributed by atoms with Crippen molar-refractivity contribution < 1.29 is 4.79 Å². The van der Waals surface area contributed by atoms with Crippen LogP contribution < -0.4 is 11.1 Å². The Morgan fingerprint density at radius 3 is 2.94 bits per heavy atom. The first-order valence-corrected chi connectivity index (χ1v) is 6.48. The van der Waals surface area contributed by atoms with Crippen molar-refractivity contribution in [3.05, 3.63) is 33.8 Å². The fourth-order valence-electron chi connectivity index (χ4n) is 1.34. The summed E-state index contributed by atoms with van der Waals surface area (Å²) in [7, 11) is 0. The first-order valence-electron chi connectivity index (χ1n) is 5.29. The van der Waals surface area contributed by atoms with Gasteiger partial charge in [-0.3, -0.25) is 10.1 Å². The quantitative estimate of drug-likeness (QED) is 0.848. The molecule has 0 unspecified atom stereocenters. The SMILES string of the molecule is CCc1nnc(NC(=O)c2cc(Cl)ccc2N)s1. The maximum absolute atomic E-state index is 12.0. The van der Waals surface area contributed by atoms with Crippen LogP contribution in [0.15, 0.2) is 18.2 Å². The van der Waals surface area contributed by atoms with Crippen LogP contribution in [0.1, 0.15) is 22.3 Å². The van der Waals surface area contributed by atoms with E-state index >= 15 is 0 Å². The van der Waals surface area contributed by atoms with Crippen LogP contribution >= 0.6 is 22.9 Å². The fraction of sp³-hybridized carbons (Fsp3) is 0.182. The number of nitrogen functional groups attached to an aromatic ring is 1. The number of carbonyl (C=O) groups is 1. The summed E-state index contributed by atoms with van der Waals surface area (Å²) in [6.07, 6.45) is 0.785. The number of nitrogens with two attached hydrogens (primary N) is 1. The zero-order valence-corrected chi connectivity index (χ0v) is 11.2. The van der Waals surface area contributed by atoms with E-state index in [2.05, 4.69) is 15.5 Å². The highest BCUT2D eigenvalue weighted by Gasteiger charge is 2.13. The number of rotatable bonds is 3. The van der Waals surface area contributed by atoms with E-state index in [0.717, 1.165) is 11.4 Å². The molecule has 7 heteroatoms. The summed E-state index contributed by atoms with van der Waals surface area (Å²) < 4.78 is 0. The highest BCUT2D eigenvalue weighted by molar-refractivity contribution is 7.15. The topological polar surface area (TPSA) is 80.9 Å². The van der Waals surface area contributed by atoms with E-state index in [9.17, 15) is 4.79 Å². The number of carbonyl (C=O) groups excluding carboxylic acids is 1. The molecular weight excluding hydrogens is 272 g/mol. The predicted molar refractivity (Wildman–Crippen MR) is 73.1 cm³/mol. The lowest BCUT2D eigenvalue weighted by molar-refractivity contribution is 0.102. The van der Waals surface area contributed by atoms with Crippen molar-refractivity contribution in [3.63, 3.8) is 0 Å². The van der Waals surface area contributed by atoms with E-state index in [0.29, 0.717) is 21.4 Å². The molecule has 1 aromatic heterocycles. The second-order valence-corrected chi connectivity index (χ2v) is 5.04. The molecule has 5 nitrogen and oxygen atoms in total. The van der Waals surface area contributed by atoms with Gasteiger partial charge in [0.1, 0.15) is 5.01 Å². The minimum atomic E-state index is -0.339. The van der Waals surface area contributed by atoms with Gasteiger partial charge in [0.25, 0.3) is 5.91 Å². The molecule has 2 aromatic rings. The lowest BCUT2D eigenvalue weighted by Crippen LogP contribution is -2.13. The Kier molecular flexibility index (Phi) is 3.78. The van der Waals surface area contributed by atoms with Crippen LogP contribution in [0.5, 0.6) is 0 Å². The Balaban J connectivity index is 2.19. The Morgan fingerprint density at radius 1 is 1.50 bits per heavy atom. The first kappa shape index (κ1) is 12.8. The zero-order chi connectivity index (χ0) is 13.1. The van der Waals surface area contributed by atoms with Crippen LogP contribution in [0.4, 0.5) is 10.8 Å². The third-order valence-corrected chi connectivity index (χ3v) is 3.47. The number of hydrogen-bond acceptors (Lipinski definition) is 5. The maximum Gasteiger partial charge on any atom is 0.259 e. The van der Waals surface area contributed by atoms with Crippen molar-refractivity contribution in [3.8, 4) is 0 Å². The van der Waals surface area contributed by atoms with Crippen molar-refractivity contribution in [2.45, 2.75) is 13.3 Å². The summed E-state index contributed by atoms with van der Waals surface area (Å²) in [4.78, 5) is 12.0. The molecule has 1 heterocycles. The van der Waals surface area contributed by atoms with Crippen molar-refractivity contribution in [2.75, 3.05) is 11.1 Å². The van der Waals surface area contributed by atoms with Crippen molar-refractivity contribution >= 4 is 39.7 Å². The van der Waals surface area contributed by atoms with Gasteiger partial charge in [-0.1, -0.05) is 29.9 Å². The number of aromatic nitrogens is 2. The summed E-state index contributed by atoms with van der Waals surface area (Å²) in [6, 6.07) is 4.75. The number of amides is 1. The van der Waals surface area contributed by atoms with E-state index in [-0.39, 0.29) is 5.91 Å². The first-order chi connectivity index (χ1) is 8.60. The number of halogens is 1. The van der Waals surface area contributed by atoms with Gasteiger partial charge in [0.2, 0.25) is 5.13 Å². The van der Waals surface area contributed by atoms with E-state index in [1.165, 1.54) is 17.4 Å². The largest absolute Gasteiger partial charge is 0.398 e. The molecule has 0 bridgehead atoms. The number of nitrogens with one attached hydrogen (secondary N) is 1. The zero-order valence-electron chi connectivity index (χ0n) is 9.61. The van der Waals surface area contributed by atoms with E-state index in [4.69, 9.17) is 17.3 Å². The third kappa shape index (κ3) is 2.77. The molecule has 3 N–H and O–H groups in total. The summed E-state index contributed by atoms with van der Waals surface area (Å²) >= 11 is 7.17. The van der Waals surface area contributed by atoms with Crippen LogP contribution in [0.3, 0.4) is 0 Å². The van der Waals surface area contributed by atoms with Gasteiger partial charge < -0.3 is 5.73 Å². The molecule has 1 amide bonds. The number of benzene rings is 1. The summed E-state index contributed by atoms with van der Waals surface area (Å²) in [5.74, 6) is -0.339. The fourth-order valence-corrected chi connectivity index (χ4v) is 2.18. The molecule has 94 valence electrons. The minimum absolute atomic E-state index is 0.329. The number of nitrogens with zero attached hydrogens (tertiary/aromatic N) is 2. The number of aryl methyl sites for hydroxylation is 1. The molecule has 0 aliphatic heterocycles. The van der Waals surface area contributed by atoms with Gasteiger partial charge in [-0.05, 0) is 24.6 Å². The van der Waals surface area contributed by atoms with Crippen molar-refractivity contribution in [1.82, 2.24) is 10.2 Å². The Labute approximate surface area is 113 Å². The molecule has 0 saturated heterocycles. The molecule has 2 rings (SSSR count). The normalized spacial score (nSPS) is 10.3.